The lowest BCUT2D eigenvalue weighted by molar-refractivity contribution is 0.754. The lowest BCUT2D eigenvalue weighted by Crippen LogP contribution is -2.29. The smallest absolute Gasteiger partial charge is 0.0704 e. The van der Waals surface area contributed by atoms with Crippen LogP contribution >= 0.6 is 0 Å². The van der Waals surface area contributed by atoms with Crippen molar-refractivity contribution in [1.82, 2.24) is 0 Å². The zero-order valence-electron chi connectivity index (χ0n) is 16.0. The minimum Gasteiger partial charge on any atom is -0.0936 e. The van der Waals surface area contributed by atoms with Crippen LogP contribution in [0.5, 0.6) is 0 Å². The Bertz CT molecular complexity index is 966. The number of rotatable bonds is 4. The Morgan fingerprint density at radius 3 is 2.52 bits per heavy atom. The van der Waals surface area contributed by atoms with E-state index in [2.05, 4.69) is 105 Å². The quantitative estimate of drug-likeness (QED) is 0.513. The summed E-state index contributed by atoms with van der Waals surface area (Å²) in [6.07, 6.45) is 16.8. The molecule has 0 saturated heterocycles. The first-order valence-electron chi connectivity index (χ1n) is 9.83. The summed E-state index contributed by atoms with van der Waals surface area (Å²) < 4.78 is 0. The molecule has 4 rings (SSSR count). The fraction of sp³-hybridized carbons (Fsp3) is 0.185. The lowest BCUT2D eigenvalue weighted by atomic mass is 9.66. The van der Waals surface area contributed by atoms with Crippen LogP contribution in [0.1, 0.15) is 42.9 Å². The van der Waals surface area contributed by atoms with Crippen LogP contribution in [0, 0.1) is 0 Å². The summed E-state index contributed by atoms with van der Waals surface area (Å²) in [6.45, 7) is 6.74. The Morgan fingerprint density at radius 1 is 1.00 bits per heavy atom. The molecule has 134 valence electrons. The molecule has 0 nitrogen and oxygen atoms in total. The number of allylic oxidation sites excluding steroid dienone is 9. The molecule has 0 radical (unpaired) electrons. The van der Waals surface area contributed by atoms with Crippen molar-refractivity contribution in [3.63, 3.8) is 0 Å². The Morgan fingerprint density at radius 2 is 1.78 bits per heavy atom. The predicted octanol–water partition coefficient (Wildman–Crippen LogP) is 7.17. The lowest BCUT2D eigenvalue weighted by Gasteiger charge is -2.35. The van der Waals surface area contributed by atoms with E-state index in [-0.39, 0.29) is 5.41 Å². The maximum absolute atomic E-state index is 4.67. The van der Waals surface area contributed by atoms with Gasteiger partial charge in [0.15, 0.2) is 0 Å². The second kappa shape index (κ2) is 7.40. The van der Waals surface area contributed by atoms with E-state index in [1.165, 1.54) is 33.4 Å². The van der Waals surface area contributed by atoms with Crippen LogP contribution in [0.3, 0.4) is 0 Å². The largest absolute Gasteiger partial charge is 0.0936 e. The first kappa shape index (κ1) is 17.5. The summed E-state index contributed by atoms with van der Waals surface area (Å²) in [5.74, 6) is 0. The average molecular weight is 351 g/mol. The van der Waals surface area contributed by atoms with Crippen molar-refractivity contribution in [2.45, 2.75) is 31.6 Å². The van der Waals surface area contributed by atoms with E-state index in [0.717, 1.165) is 19.3 Å². The number of hydrogen-bond donors (Lipinski definition) is 0. The van der Waals surface area contributed by atoms with Gasteiger partial charge in [0.1, 0.15) is 0 Å². The average Bonchev–Trinajstić information content (AvgIpc) is 2.98. The molecule has 0 N–H and O–H groups in total. The number of benzene rings is 2. The molecule has 0 aliphatic heterocycles. The zero-order chi connectivity index (χ0) is 18.7. The summed E-state index contributed by atoms with van der Waals surface area (Å²) in [5, 5.41) is 0. The third-order valence-electron chi connectivity index (χ3n) is 5.73. The van der Waals surface area contributed by atoms with Gasteiger partial charge in [-0.3, -0.25) is 0 Å². The first-order valence-corrected chi connectivity index (χ1v) is 9.83. The highest BCUT2D eigenvalue weighted by molar-refractivity contribution is 5.93. The SMILES string of the molecule is C=C1/C(=C/C/C=C\C)c2ccccc2C1(C1=CCCC=C1)c1ccccc1. The van der Waals surface area contributed by atoms with Crippen LogP contribution in [0.15, 0.2) is 109 Å². The van der Waals surface area contributed by atoms with Crippen LogP contribution in [0.4, 0.5) is 0 Å². The van der Waals surface area contributed by atoms with Gasteiger partial charge in [-0.15, -0.1) is 0 Å². The molecular formula is C27H26. The molecule has 0 amide bonds. The van der Waals surface area contributed by atoms with Crippen LogP contribution in [-0.2, 0) is 5.41 Å². The first-order chi connectivity index (χ1) is 13.3. The number of hydrogen-bond acceptors (Lipinski definition) is 0. The van der Waals surface area contributed by atoms with Gasteiger partial charge in [0.05, 0.1) is 5.41 Å². The normalized spacial score (nSPS) is 23.1. The van der Waals surface area contributed by atoms with E-state index in [9.17, 15) is 0 Å². The van der Waals surface area contributed by atoms with Crippen LogP contribution in [0.2, 0.25) is 0 Å². The van der Waals surface area contributed by atoms with Gasteiger partial charge in [0, 0.05) is 0 Å². The Hall–Kier alpha value is -2.86. The molecule has 0 heterocycles. The van der Waals surface area contributed by atoms with Gasteiger partial charge < -0.3 is 0 Å². The molecule has 1 unspecified atom stereocenters. The summed E-state index contributed by atoms with van der Waals surface area (Å²) in [7, 11) is 0. The van der Waals surface area contributed by atoms with Crippen LogP contribution in [0.25, 0.3) is 5.57 Å². The topological polar surface area (TPSA) is 0 Å². The summed E-state index contributed by atoms with van der Waals surface area (Å²) in [5.41, 5.74) is 7.50. The van der Waals surface area contributed by atoms with E-state index in [0.29, 0.717) is 0 Å². The molecule has 2 aliphatic rings. The summed E-state index contributed by atoms with van der Waals surface area (Å²) in [4.78, 5) is 0. The van der Waals surface area contributed by atoms with Gasteiger partial charge in [0.25, 0.3) is 0 Å². The summed E-state index contributed by atoms with van der Waals surface area (Å²) >= 11 is 0. The number of fused-ring (bicyclic) bond motifs is 1. The van der Waals surface area contributed by atoms with Crippen molar-refractivity contribution in [2.75, 3.05) is 0 Å². The van der Waals surface area contributed by atoms with Crippen molar-refractivity contribution in [3.05, 3.63) is 125 Å². The fourth-order valence-electron chi connectivity index (χ4n) is 4.53. The van der Waals surface area contributed by atoms with E-state index >= 15 is 0 Å². The van der Waals surface area contributed by atoms with Gasteiger partial charge in [-0.05, 0) is 59.6 Å². The second-order valence-electron chi connectivity index (χ2n) is 7.20. The molecule has 0 spiro atoms. The second-order valence-corrected chi connectivity index (χ2v) is 7.20. The maximum Gasteiger partial charge on any atom is 0.0704 e. The highest BCUT2D eigenvalue weighted by atomic mass is 14.5. The van der Waals surface area contributed by atoms with Crippen molar-refractivity contribution >= 4 is 5.57 Å². The van der Waals surface area contributed by atoms with E-state index in [4.69, 9.17) is 0 Å². The monoisotopic (exact) mass is 350 g/mol. The third kappa shape index (κ3) is 2.77. The molecule has 27 heavy (non-hydrogen) atoms. The molecule has 0 aromatic heterocycles. The van der Waals surface area contributed by atoms with Crippen molar-refractivity contribution in [2.24, 2.45) is 0 Å². The molecule has 0 heteroatoms. The molecule has 2 aromatic rings. The van der Waals surface area contributed by atoms with Gasteiger partial charge in [-0.2, -0.15) is 0 Å². The highest BCUT2D eigenvalue weighted by Crippen LogP contribution is 2.57. The Kier molecular flexibility index (Phi) is 4.81. The maximum atomic E-state index is 4.67. The molecule has 1 atom stereocenters. The molecule has 0 bridgehead atoms. The van der Waals surface area contributed by atoms with E-state index < -0.39 is 0 Å². The zero-order valence-corrected chi connectivity index (χ0v) is 16.0. The highest BCUT2D eigenvalue weighted by Gasteiger charge is 2.47. The van der Waals surface area contributed by atoms with E-state index in [1.807, 2.05) is 0 Å². The molecule has 0 fully saturated rings. The van der Waals surface area contributed by atoms with Gasteiger partial charge >= 0.3 is 0 Å². The van der Waals surface area contributed by atoms with E-state index in [1.54, 1.807) is 0 Å². The molecule has 0 saturated carbocycles. The predicted molar refractivity (Wildman–Crippen MR) is 117 cm³/mol. The van der Waals surface area contributed by atoms with Crippen LogP contribution < -0.4 is 0 Å². The van der Waals surface area contributed by atoms with Crippen molar-refractivity contribution < 1.29 is 0 Å². The summed E-state index contributed by atoms with van der Waals surface area (Å²) in [6, 6.07) is 19.7. The van der Waals surface area contributed by atoms with Crippen molar-refractivity contribution in [1.29, 1.82) is 0 Å². The minimum atomic E-state index is -0.295. The molecule has 2 aromatic carbocycles. The molecular weight excluding hydrogens is 324 g/mol. The fourth-order valence-corrected chi connectivity index (χ4v) is 4.53. The minimum absolute atomic E-state index is 0.295. The van der Waals surface area contributed by atoms with Gasteiger partial charge in [-0.1, -0.05) is 97.6 Å². The van der Waals surface area contributed by atoms with Crippen LogP contribution in [-0.4, -0.2) is 0 Å². The van der Waals surface area contributed by atoms with Gasteiger partial charge in [-0.25, -0.2) is 0 Å². The van der Waals surface area contributed by atoms with Crippen molar-refractivity contribution in [3.8, 4) is 0 Å². The standard InChI is InChI=1S/C27H26/c1-3-4-7-18-24-21(2)27(22-14-8-5-9-15-22,23-16-10-6-11-17-23)26-20-13-12-19-25(24)26/h3-5,8-10,12-20H,2,6-7,11H2,1H3/b4-3-,24-18-. The third-order valence-corrected chi connectivity index (χ3v) is 5.73. The molecule has 2 aliphatic carbocycles. The van der Waals surface area contributed by atoms with Gasteiger partial charge in [0.2, 0.25) is 0 Å². The Labute approximate surface area is 163 Å². The Balaban J connectivity index is 2.02.